The fourth-order valence-corrected chi connectivity index (χ4v) is 5.88. The molecule has 0 atom stereocenters. The normalized spacial score (nSPS) is 20.2. The molecule has 1 amide bonds. The van der Waals surface area contributed by atoms with Gasteiger partial charge in [0.25, 0.3) is 5.91 Å². The summed E-state index contributed by atoms with van der Waals surface area (Å²) < 4.78 is 26.8. The molecule has 2 heterocycles. The van der Waals surface area contributed by atoms with Gasteiger partial charge in [0.2, 0.25) is 10.0 Å². The number of hydrogen-bond donors (Lipinski definition) is 1. The molecule has 1 N–H and O–H groups in total. The van der Waals surface area contributed by atoms with E-state index in [1.54, 1.807) is 0 Å². The highest BCUT2D eigenvalue weighted by atomic mass is 35.5. The maximum absolute atomic E-state index is 12.7. The quantitative estimate of drug-likeness (QED) is 0.861. The first kappa shape index (κ1) is 18.0. The average molecular weight is 389 g/mol. The molecule has 1 aromatic carbocycles. The van der Waals surface area contributed by atoms with Crippen molar-refractivity contribution in [3.63, 3.8) is 0 Å². The molecular weight excluding hydrogens is 368 g/mol. The van der Waals surface area contributed by atoms with Gasteiger partial charge in [-0.3, -0.25) is 4.79 Å². The van der Waals surface area contributed by atoms with Crippen LogP contribution in [0.25, 0.3) is 0 Å². The summed E-state index contributed by atoms with van der Waals surface area (Å²) in [6.45, 7) is 1.07. The van der Waals surface area contributed by atoms with E-state index in [2.05, 4.69) is 5.32 Å². The molecule has 0 bridgehead atoms. The van der Waals surface area contributed by atoms with E-state index in [1.165, 1.54) is 22.5 Å². The van der Waals surface area contributed by atoms with E-state index >= 15 is 0 Å². The van der Waals surface area contributed by atoms with Crippen LogP contribution >= 0.6 is 23.4 Å². The van der Waals surface area contributed by atoms with Crippen LogP contribution in [-0.4, -0.2) is 49.3 Å². The average Bonchev–Trinajstić information content (AvgIpc) is 3.11. The van der Waals surface area contributed by atoms with Crippen LogP contribution in [0.2, 0.25) is 5.02 Å². The van der Waals surface area contributed by atoms with Crippen LogP contribution in [0, 0.1) is 0 Å². The highest BCUT2D eigenvalue weighted by Gasteiger charge is 2.28. The maximum atomic E-state index is 12.7. The second-order valence-corrected chi connectivity index (χ2v) is 9.68. The van der Waals surface area contributed by atoms with E-state index in [9.17, 15) is 13.2 Å². The molecule has 2 aliphatic rings. The van der Waals surface area contributed by atoms with Crippen molar-refractivity contribution in [2.45, 2.75) is 36.6 Å². The van der Waals surface area contributed by atoms with Gasteiger partial charge >= 0.3 is 0 Å². The number of nitrogens with zero attached hydrogens (tertiary/aromatic N) is 1. The monoisotopic (exact) mass is 388 g/mol. The molecule has 2 aliphatic heterocycles. The molecule has 1 aromatic rings. The van der Waals surface area contributed by atoms with Crippen molar-refractivity contribution in [2.75, 3.05) is 24.6 Å². The van der Waals surface area contributed by atoms with Crippen molar-refractivity contribution in [3.8, 4) is 0 Å². The summed E-state index contributed by atoms with van der Waals surface area (Å²) in [6.07, 6.45) is 3.61. The molecular formula is C16H21ClN2O3S2. The fourth-order valence-electron chi connectivity index (χ4n) is 3.02. The second-order valence-electron chi connectivity index (χ2n) is 6.11. The number of amides is 1. The lowest BCUT2D eigenvalue weighted by Crippen LogP contribution is -2.37. The number of carbonyl (C=O) groups is 1. The van der Waals surface area contributed by atoms with Crippen LogP contribution in [0.3, 0.4) is 0 Å². The molecule has 2 fully saturated rings. The van der Waals surface area contributed by atoms with Crippen LogP contribution in [0.1, 0.15) is 36.0 Å². The number of benzene rings is 1. The summed E-state index contributed by atoms with van der Waals surface area (Å²) >= 11 is 8.03. The lowest BCUT2D eigenvalue weighted by atomic mass is 10.1. The Bertz CT molecular complexity index is 712. The third-order valence-corrected chi connectivity index (χ3v) is 7.71. The van der Waals surface area contributed by atoms with Crippen LogP contribution in [0.5, 0.6) is 0 Å². The molecule has 0 aliphatic carbocycles. The first-order valence-corrected chi connectivity index (χ1v) is 11.1. The van der Waals surface area contributed by atoms with Crippen molar-refractivity contribution in [3.05, 3.63) is 28.8 Å². The third-order valence-electron chi connectivity index (χ3n) is 4.44. The summed E-state index contributed by atoms with van der Waals surface area (Å²) in [5.74, 6) is 1.76. The molecule has 2 saturated heterocycles. The Morgan fingerprint density at radius 2 is 1.88 bits per heavy atom. The van der Waals surface area contributed by atoms with E-state index in [1.807, 2.05) is 11.8 Å². The van der Waals surface area contributed by atoms with Gasteiger partial charge < -0.3 is 5.32 Å². The SMILES string of the molecule is O=C(NC1CCSCC1)c1cc(S(=O)(=O)N2CCCC2)ccc1Cl. The Hall–Kier alpha value is -0.760. The lowest BCUT2D eigenvalue weighted by Gasteiger charge is -2.23. The Labute approximate surface area is 152 Å². The summed E-state index contributed by atoms with van der Waals surface area (Å²) in [5.41, 5.74) is 0.232. The number of thioether (sulfide) groups is 1. The summed E-state index contributed by atoms with van der Waals surface area (Å²) in [6, 6.07) is 4.51. The molecule has 3 rings (SSSR count). The van der Waals surface area contributed by atoms with Gasteiger partial charge in [0.15, 0.2) is 0 Å². The van der Waals surface area contributed by atoms with Crippen molar-refractivity contribution in [2.24, 2.45) is 0 Å². The zero-order valence-electron chi connectivity index (χ0n) is 13.3. The standard InChI is InChI=1S/C16H21ClN2O3S2/c17-15-4-3-13(24(21,22)19-7-1-2-8-19)11-14(15)16(20)18-12-5-9-23-10-6-12/h3-4,11-12H,1-2,5-10H2,(H,18,20). The number of hydrogen-bond acceptors (Lipinski definition) is 4. The second kappa shape index (κ2) is 7.64. The molecule has 24 heavy (non-hydrogen) atoms. The van der Waals surface area contributed by atoms with Gasteiger partial charge in [0, 0.05) is 19.1 Å². The summed E-state index contributed by atoms with van der Waals surface area (Å²) in [7, 11) is -3.55. The molecule has 0 unspecified atom stereocenters. The molecule has 0 aromatic heterocycles. The predicted octanol–water partition coefficient (Wildman–Crippen LogP) is 2.75. The van der Waals surface area contributed by atoms with Gasteiger partial charge in [-0.25, -0.2) is 8.42 Å². The minimum absolute atomic E-state index is 0.133. The Kier molecular flexibility index (Phi) is 5.74. The molecule has 0 saturated carbocycles. The van der Waals surface area contributed by atoms with E-state index < -0.39 is 10.0 Å². The number of rotatable bonds is 4. The molecule has 5 nitrogen and oxygen atoms in total. The smallest absolute Gasteiger partial charge is 0.253 e. The van der Waals surface area contributed by atoms with Gasteiger partial charge in [0.1, 0.15) is 0 Å². The van der Waals surface area contributed by atoms with Crippen molar-refractivity contribution in [1.29, 1.82) is 0 Å². The topological polar surface area (TPSA) is 66.5 Å². The van der Waals surface area contributed by atoms with E-state index in [0.29, 0.717) is 13.1 Å². The number of halogens is 1. The first-order chi connectivity index (χ1) is 11.5. The van der Waals surface area contributed by atoms with Gasteiger partial charge in [-0.15, -0.1) is 0 Å². The van der Waals surface area contributed by atoms with Crippen LogP contribution in [0.15, 0.2) is 23.1 Å². The van der Waals surface area contributed by atoms with Crippen molar-refractivity contribution < 1.29 is 13.2 Å². The van der Waals surface area contributed by atoms with Crippen molar-refractivity contribution in [1.82, 2.24) is 9.62 Å². The zero-order valence-corrected chi connectivity index (χ0v) is 15.7. The number of carbonyl (C=O) groups excluding carboxylic acids is 1. The van der Waals surface area contributed by atoms with E-state index in [-0.39, 0.29) is 27.4 Å². The van der Waals surface area contributed by atoms with Crippen LogP contribution in [0.4, 0.5) is 0 Å². The highest BCUT2D eigenvalue weighted by molar-refractivity contribution is 7.99. The Balaban J connectivity index is 1.81. The number of nitrogens with one attached hydrogen (secondary N) is 1. The predicted molar refractivity (Wildman–Crippen MR) is 97.3 cm³/mol. The molecule has 0 spiro atoms. The lowest BCUT2D eigenvalue weighted by molar-refractivity contribution is 0.0935. The minimum Gasteiger partial charge on any atom is -0.349 e. The summed E-state index contributed by atoms with van der Waals surface area (Å²) in [5, 5.41) is 3.26. The highest BCUT2D eigenvalue weighted by Crippen LogP contribution is 2.26. The van der Waals surface area contributed by atoms with Crippen molar-refractivity contribution >= 4 is 39.3 Å². The molecule has 132 valence electrons. The molecule has 0 radical (unpaired) electrons. The van der Waals surface area contributed by atoms with E-state index in [4.69, 9.17) is 11.6 Å². The largest absolute Gasteiger partial charge is 0.349 e. The Morgan fingerprint density at radius 1 is 1.21 bits per heavy atom. The van der Waals surface area contributed by atoms with Gasteiger partial charge in [-0.05, 0) is 55.4 Å². The van der Waals surface area contributed by atoms with Crippen LogP contribution in [-0.2, 0) is 10.0 Å². The van der Waals surface area contributed by atoms with Gasteiger partial charge in [-0.1, -0.05) is 11.6 Å². The maximum Gasteiger partial charge on any atom is 0.253 e. The minimum atomic E-state index is -3.55. The Morgan fingerprint density at radius 3 is 2.54 bits per heavy atom. The third kappa shape index (κ3) is 3.90. The van der Waals surface area contributed by atoms with Gasteiger partial charge in [0.05, 0.1) is 15.5 Å². The fraction of sp³-hybridized carbons (Fsp3) is 0.562. The van der Waals surface area contributed by atoms with E-state index in [0.717, 1.165) is 37.2 Å². The summed E-state index contributed by atoms with van der Waals surface area (Å²) in [4.78, 5) is 12.7. The van der Waals surface area contributed by atoms with Crippen LogP contribution < -0.4 is 5.32 Å². The van der Waals surface area contributed by atoms with Gasteiger partial charge in [-0.2, -0.15) is 16.1 Å². The molecule has 8 heteroatoms. The zero-order chi connectivity index (χ0) is 17.2. The first-order valence-electron chi connectivity index (χ1n) is 8.17. The number of sulfonamides is 1.